The van der Waals surface area contributed by atoms with E-state index in [0.717, 1.165) is 23.6 Å². The van der Waals surface area contributed by atoms with E-state index in [4.69, 9.17) is 0 Å². The van der Waals surface area contributed by atoms with Gasteiger partial charge in [0.2, 0.25) is 0 Å². The van der Waals surface area contributed by atoms with Gasteiger partial charge in [-0.15, -0.1) is 0 Å². The molecular weight excluding hydrogens is 314 g/mol. The van der Waals surface area contributed by atoms with Gasteiger partial charge in [0, 0.05) is 48.4 Å². The van der Waals surface area contributed by atoms with Crippen LogP contribution in [0.4, 0.5) is 5.69 Å². The van der Waals surface area contributed by atoms with Gasteiger partial charge in [0.25, 0.3) is 0 Å². The fourth-order valence-electron chi connectivity index (χ4n) is 3.08. The largest absolute Gasteiger partial charge is 0.369 e. The Kier molecular flexibility index (Phi) is 4.34. The Labute approximate surface area is 130 Å². The summed E-state index contributed by atoms with van der Waals surface area (Å²) in [7, 11) is 2.03. The van der Waals surface area contributed by atoms with E-state index in [1.165, 1.54) is 37.2 Å². The van der Waals surface area contributed by atoms with Crippen LogP contribution in [0, 0.1) is 0 Å². The lowest BCUT2D eigenvalue weighted by atomic mass is 10.0. The molecular formula is C16H24BrN3. The van der Waals surface area contributed by atoms with Crippen LogP contribution in [-0.4, -0.2) is 44.2 Å². The standard InChI is InChI=1S/C16H24BrN3/c1-12(18-2)15-11-13(17)3-6-16(15)20-9-7-19(8-10-20)14-4-5-14/h3,6,11-12,14,18H,4-5,7-10H2,1-2H3. The van der Waals surface area contributed by atoms with Crippen molar-refractivity contribution >= 4 is 21.6 Å². The molecule has 1 heterocycles. The molecule has 1 N–H and O–H groups in total. The van der Waals surface area contributed by atoms with Crippen LogP contribution < -0.4 is 10.2 Å². The lowest BCUT2D eigenvalue weighted by molar-refractivity contribution is 0.248. The van der Waals surface area contributed by atoms with Gasteiger partial charge in [0.15, 0.2) is 0 Å². The fourth-order valence-corrected chi connectivity index (χ4v) is 3.46. The summed E-state index contributed by atoms with van der Waals surface area (Å²) in [6.45, 7) is 6.97. The van der Waals surface area contributed by atoms with E-state index in [1.54, 1.807) is 0 Å². The second-order valence-corrected chi connectivity index (χ2v) is 6.88. The first-order valence-corrected chi connectivity index (χ1v) is 8.44. The monoisotopic (exact) mass is 337 g/mol. The SMILES string of the molecule is CNC(C)c1cc(Br)ccc1N1CCN(C2CC2)CC1. The molecule has 1 unspecified atom stereocenters. The average molecular weight is 338 g/mol. The van der Waals surface area contributed by atoms with Gasteiger partial charge in [-0.25, -0.2) is 0 Å². The Morgan fingerprint density at radius 2 is 1.90 bits per heavy atom. The Morgan fingerprint density at radius 1 is 1.20 bits per heavy atom. The Balaban J connectivity index is 1.76. The number of hydrogen-bond acceptors (Lipinski definition) is 3. The molecule has 110 valence electrons. The summed E-state index contributed by atoms with van der Waals surface area (Å²) in [6.07, 6.45) is 2.83. The van der Waals surface area contributed by atoms with Gasteiger partial charge in [-0.1, -0.05) is 15.9 Å². The molecule has 3 nitrogen and oxygen atoms in total. The van der Waals surface area contributed by atoms with Crippen LogP contribution in [0.2, 0.25) is 0 Å². The molecule has 1 atom stereocenters. The number of anilines is 1. The first-order valence-electron chi connectivity index (χ1n) is 7.64. The number of nitrogens with zero attached hydrogens (tertiary/aromatic N) is 2. The van der Waals surface area contributed by atoms with Crippen molar-refractivity contribution in [1.82, 2.24) is 10.2 Å². The maximum atomic E-state index is 3.60. The summed E-state index contributed by atoms with van der Waals surface area (Å²) in [6, 6.07) is 7.96. The first-order chi connectivity index (χ1) is 9.69. The molecule has 3 rings (SSSR count). The predicted octanol–water partition coefficient (Wildman–Crippen LogP) is 3.01. The Bertz CT molecular complexity index is 465. The maximum absolute atomic E-state index is 3.60. The van der Waals surface area contributed by atoms with E-state index >= 15 is 0 Å². The van der Waals surface area contributed by atoms with Crippen LogP contribution >= 0.6 is 15.9 Å². The number of nitrogens with one attached hydrogen (secondary N) is 1. The zero-order chi connectivity index (χ0) is 14.1. The third kappa shape index (κ3) is 3.02. The van der Waals surface area contributed by atoms with Crippen LogP contribution in [0.1, 0.15) is 31.4 Å². The molecule has 0 spiro atoms. The van der Waals surface area contributed by atoms with Crippen LogP contribution in [-0.2, 0) is 0 Å². The number of benzene rings is 1. The lowest BCUT2D eigenvalue weighted by Crippen LogP contribution is -2.47. The summed E-state index contributed by atoms with van der Waals surface area (Å²) < 4.78 is 1.16. The molecule has 20 heavy (non-hydrogen) atoms. The summed E-state index contributed by atoms with van der Waals surface area (Å²) in [4.78, 5) is 5.21. The maximum Gasteiger partial charge on any atom is 0.0416 e. The van der Waals surface area contributed by atoms with E-state index in [-0.39, 0.29) is 0 Å². The normalized spacial score (nSPS) is 22.1. The van der Waals surface area contributed by atoms with Crippen molar-refractivity contribution in [3.8, 4) is 0 Å². The van der Waals surface area contributed by atoms with E-state index in [1.807, 2.05) is 7.05 Å². The summed E-state index contributed by atoms with van der Waals surface area (Å²) >= 11 is 3.60. The minimum absolute atomic E-state index is 0.379. The van der Waals surface area contributed by atoms with E-state index in [2.05, 4.69) is 56.2 Å². The van der Waals surface area contributed by atoms with E-state index in [0.29, 0.717) is 6.04 Å². The van der Waals surface area contributed by atoms with Gasteiger partial charge in [-0.05, 0) is 50.6 Å². The van der Waals surface area contributed by atoms with Crippen molar-refractivity contribution < 1.29 is 0 Å². The second-order valence-electron chi connectivity index (χ2n) is 5.97. The molecule has 0 aromatic heterocycles. The minimum Gasteiger partial charge on any atom is -0.369 e. The molecule has 0 amide bonds. The number of piperazine rings is 1. The highest BCUT2D eigenvalue weighted by atomic mass is 79.9. The van der Waals surface area contributed by atoms with Gasteiger partial charge in [-0.3, -0.25) is 4.90 Å². The molecule has 0 radical (unpaired) electrons. The number of rotatable bonds is 4. The van der Waals surface area contributed by atoms with E-state index in [9.17, 15) is 0 Å². The van der Waals surface area contributed by atoms with Crippen molar-refractivity contribution in [2.24, 2.45) is 0 Å². The van der Waals surface area contributed by atoms with Gasteiger partial charge >= 0.3 is 0 Å². The van der Waals surface area contributed by atoms with Crippen molar-refractivity contribution in [3.05, 3.63) is 28.2 Å². The highest BCUT2D eigenvalue weighted by molar-refractivity contribution is 9.10. The highest BCUT2D eigenvalue weighted by Crippen LogP contribution is 2.32. The minimum atomic E-state index is 0.379. The average Bonchev–Trinajstić information content (AvgIpc) is 3.31. The van der Waals surface area contributed by atoms with Crippen molar-refractivity contribution in [2.75, 3.05) is 38.1 Å². The summed E-state index contributed by atoms with van der Waals surface area (Å²) in [5.41, 5.74) is 2.78. The molecule has 1 aromatic rings. The molecule has 1 aromatic carbocycles. The van der Waals surface area contributed by atoms with Gasteiger partial charge in [0.05, 0.1) is 0 Å². The van der Waals surface area contributed by atoms with Gasteiger partial charge in [-0.2, -0.15) is 0 Å². The molecule has 4 heteroatoms. The van der Waals surface area contributed by atoms with Crippen molar-refractivity contribution in [1.29, 1.82) is 0 Å². The Morgan fingerprint density at radius 3 is 2.50 bits per heavy atom. The molecule has 1 aliphatic carbocycles. The predicted molar refractivity (Wildman–Crippen MR) is 88.4 cm³/mol. The third-order valence-corrected chi connectivity index (χ3v) is 5.10. The quantitative estimate of drug-likeness (QED) is 0.911. The molecule has 1 saturated carbocycles. The third-order valence-electron chi connectivity index (χ3n) is 4.61. The topological polar surface area (TPSA) is 18.5 Å². The lowest BCUT2D eigenvalue weighted by Gasteiger charge is -2.37. The van der Waals surface area contributed by atoms with E-state index < -0.39 is 0 Å². The second kappa shape index (κ2) is 6.04. The molecule has 0 bridgehead atoms. The molecule has 2 fully saturated rings. The molecule has 1 saturated heterocycles. The summed E-state index contributed by atoms with van der Waals surface area (Å²) in [5, 5.41) is 3.37. The van der Waals surface area contributed by atoms with Crippen LogP contribution in [0.5, 0.6) is 0 Å². The fraction of sp³-hybridized carbons (Fsp3) is 0.625. The molecule has 2 aliphatic rings. The van der Waals surface area contributed by atoms with Crippen molar-refractivity contribution in [3.63, 3.8) is 0 Å². The van der Waals surface area contributed by atoms with Gasteiger partial charge < -0.3 is 10.2 Å². The number of hydrogen-bond donors (Lipinski definition) is 1. The highest BCUT2D eigenvalue weighted by Gasteiger charge is 2.31. The number of halogens is 1. The Hall–Kier alpha value is -0.580. The van der Waals surface area contributed by atoms with Crippen LogP contribution in [0.3, 0.4) is 0 Å². The first kappa shape index (κ1) is 14.4. The van der Waals surface area contributed by atoms with Gasteiger partial charge in [0.1, 0.15) is 0 Å². The molecule has 1 aliphatic heterocycles. The smallest absolute Gasteiger partial charge is 0.0416 e. The zero-order valence-electron chi connectivity index (χ0n) is 12.4. The zero-order valence-corrected chi connectivity index (χ0v) is 14.0. The summed E-state index contributed by atoms with van der Waals surface area (Å²) in [5.74, 6) is 0. The van der Waals surface area contributed by atoms with Crippen LogP contribution in [0.25, 0.3) is 0 Å². The van der Waals surface area contributed by atoms with Crippen LogP contribution in [0.15, 0.2) is 22.7 Å². The van der Waals surface area contributed by atoms with Crippen molar-refractivity contribution in [2.45, 2.75) is 31.8 Å².